The van der Waals surface area contributed by atoms with Crippen LogP contribution < -0.4 is 5.32 Å². The average Bonchev–Trinajstić information content (AvgIpc) is 3.05. The standard InChI is InChI=1S/C14H18ClN3O/c15-12-8-13(18-14-11(12)3-6-17-14)16-5-1-2-10-4-7-19-9-10/h3,6,8,10H,1-2,4-5,7,9H2,(H2,16,17,18). The van der Waals surface area contributed by atoms with Crippen LogP contribution in [0.15, 0.2) is 18.3 Å². The third-order valence-corrected chi connectivity index (χ3v) is 3.91. The molecule has 1 aliphatic rings. The quantitative estimate of drug-likeness (QED) is 0.824. The van der Waals surface area contributed by atoms with Crippen LogP contribution in [0.4, 0.5) is 5.82 Å². The van der Waals surface area contributed by atoms with E-state index in [1.165, 1.54) is 12.8 Å². The molecule has 1 saturated heterocycles. The summed E-state index contributed by atoms with van der Waals surface area (Å²) in [6, 6.07) is 3.82. The van der Waals surface area contributed by atoms with E-state index in [0.717, 1.165) is 54.0 Å². The number of pyridine rings is 1. The topological polar surface area (TPSA) is 49.9 Å². The molecular weight excluding hydrogens is 262 g/mol. The van der Waals surface area contributed by atoms with Gasteiger partial charge in [-0.3, -0.25) is 0 Å². The van der Waals surface area contributed by atoms with Crippen molar-refractivity contribution in [3.63, 3.8) is 0 Å². The summed E-state index contributed by atoms with van der Waals surface area (Å²) in [5.74, 6) is 1.58. The van der Waals surface area contributed by atoms with Crippen LogP contribution in [0, 0.1) is 5.92 Å². The Bertz CT molecular complexity index is 549. The van der Waals surface area contributed by atoms with Crippen LogP contribution >= 0.6 is 11.6 Å². The zero-order valence-electron chi connectivity index (χ0n) is 10.8. The molecule has 2 aromatic heterocycles. The Morgan fingerprint density at radius 1 is 1.53 bits per heavy atom. The number of hydrogen-bond donors (Lipinski definition) is 2. The smallest absolute Gasteiger partial charge is 0.141 e. The summed E-state index contributed by atoms with van der Waals surface area (Å²) in [5, 5.41) is 5.04. The summed E-state index contributed by atoms with van der Waals surface area (Å²) < 4.78 is 5.37. The van der Waals surface area contributed by atoms with Crippen molar-refractivity contribution in [2.45, 2.75) is 19.3 Å². The Hall–Kier alpha value is -1.26. The first kappa shape index (κ1) is 12.8. The Kier molecular flexibility index (Phi) is 3.89. The predicted octanol–water partition coefficient (Wildman–Crippen LogP) is 3.44. The lowest BCUT2D eigenvalue weighted by molar-refractivity contribution is 0.184. The first-order valence-corrected chi connectivity index (χ1v) is 7.16. The molecule has 1 atom stereocenters. The van der Waals surface area contributed by atoms with Crippen molar-refractivity contribution in [3.8, 4) is 0 Å². The zero-order chi connectivity index (χ0) is 13.1. The monoisotopic (exact) mass is 279 g/mol. The molecule has 1 fully saturated rings. The minimum Gasteiger partial charge on any atom is -0.381 e. The number of aromatic nitrogens is 2. The fourth-order valence-electron chi connectivity index (χ4n) is 2.51. The van der Waals surface area contributed by atoms with Gasteiger partial charge in [0.1, 0.15) is 11.5 Å². The largest absolute Gasteiger partial charge is 0.381 e. The van der Waals surface area contributed by atoms with Crippen LogP contribution in [-0.2, 0) is 4.74 Å². The maximum atomic E-state index is 6.20. The molecule has 0 saturated carbocycles. The van der Waals surface area contributed by atoms with E-state index in [2.05, 4.69) is 15.3 Å². The summed E-state index contributed by atoms with van der Waals surface area (Å²) in [4.78, 5) is 7.57. The fraction of sp³-hybridized carbons (Fsp3) is 0.500. The van der Waals surface area contributed by atoms with Crippen LogP contribution in [0.1, 0.15) is 19.3 Å². The van der Waals surface area contributed by atoms with E-state index in [1.54, 1.807) is 0 Å². The lowest BCUT2D eigenvalue weighted by Gasteiger charge is -2.09. The van der Waals surface area contributed by atoms with Crippen molar-refractivity contribution in [3.05, 3.63) is 23.4 Å². The minimum atomic E-state index is 0.734. The highest BCUT2D eigenvalue weighted by Crippen LogP contribution is 2.24. The Labute approximate surface area is 117 Å². The maximum Gasteiger partial charge on any atom is 0.141 e. The van der Waals surface area contributed by atoms with E-state index < -0.39 is 0 Å². The molecule has 0 radical (unpaired) electrons. The van der Waals surface area contributed by atoms with Gasteiger partial charge >= 0.3 is 0 Å². The highest BCUT2D eigenvalue weighted by Gasteiger charge is 2.14. The van der Waals surface area contributed by atoms with E-state index in [9.17, 15) is 0 Å². The second-order valence-electron chi connectivity index (χ2n) is 5.03. The minimum absolute atomic E-state index is 0.734. The molecule has 0 spiro atoms. The van der Waals surface area contributed by atoms with Gasteiger partial charge in [-0.1, -0.05) is 11.6 Å². The van der Waals surface area contributed by atoms with Gasteiger partial charge in [-0.25, -0.2) is 4.98 Å². The second-order valence-corrected chi connectivity index (χ2v) is 5.44. The lowest BCUT2D eigenvalue weighted by atomic mass is 10.0. The number of nitrogens with zero attached hydrogens (tertiary/aromatic N) is 1. The second kappa shape index (κ2) is 5.80. The summed E-state index contributed by atoms with van der Waals surface area (Å²) in [6.45, 7) is 2.78. The number of rotatable bonds is 5. The molecule has 0 aliphatic carbocycles. The van der Waals surface area contributed by atoms with Gasteiger partial charge < -0.3 is 15.0 Å². The molecule has 2 aromatic rings. The fourth-order valence-corrected chi connectivity index (χ4v) is 2.76. The SMILES string of the molecule is Clc1cc(NCCCC2CCOC2)nc2[nH]ccc12. The number of hydrogen-bond acceptors (Lipinski definition) is 3. The summed E-state index contributed by atoms with van der Waals surface area (Å²) >= 11 is 6.20. The number of halogens is 1. The van der Waals surface area contributed by atoms with Gasteiger partial charge in [-0.05, 0) is 37.3 Å². The number of H-pyrrole nitrogens is 1. The number of fused-ring (bicyclic) bond motifs is 1. The van der Waals surface area contributed by atoms with E-state index in [0.29, 0.717) is 0 Å². The van der Waals surface area contributed by atoms with Crippen LogP contribution in [0.3, 0.4) is 0 Å². The van der Waals surface area contributed by atoms with Crippen molar-refractivity contribution in [1.82, 2.24) is 9.97 Å². The van der Waals surface area contributed by atoms with E-state index in [4.69, 9.17) is 16.3 Å². The number of aromatic amines is 1. The van der Waals surface area contributed by atoms with Crippen LogP contribution in [0.2, 0.25) is 5.02 Å². The van der Waals surface area contributed by atoms with Gasteiger partial charge in [0.05, 0.1) is 5.02 Å². The van der Waals surface area contributed by atoms with Crippen molar-refractivity contribution >= 4 is 28.5 Å². The van der Waals surface area contributed by atoms with E-state index in [-0.39, 0.29) is 0 Å². The van der Waals surface area contributed by atoms with Gasteiger partial charge in [0.25, 0.3) is 0 Å². The van der Waals surface area contributed by atoms with Crippen molar-refractivity contribution in [2.75, 3.05) is 25.1 Å². The maximum absolute atomic E-state index is 6.20. The van der Waals surface area contributed by atoms with E-state index >= 15 is 0 Å². The molecule has 3 heterocycles. The normalized spacial score (nSPS) is 19.1. The van der Waals surface area contributed by atoms with Crippen LogP contribution in [-0.4, -0.2) is 29.7 Å². The van der Waals surface area contributed by atoms with Crippen molar-refractivity contribution in [1.29, 1.82) is 0 Å². The zero-order valence-corrected chi connectivity index (χ0v) is 11.5. The third-order valence-electron chi connectivity index (χ3n) is 3.60. The van der Waals surface area contributed by atoms with Gasteiger partial charge in [0.15, 0.2) is 0 Å². The predicted molar refractivity (Wildman–Crippen MR) is 77.8 cm³/mol. The molecule has 0 amide bonds. The van der Waals surface area contributed by atoms with Crippen molar-refractivity contribution in [2.24, 2.45) is 5.92 Å². The van der Waals surface area contributed by atoms with Gasteiger partial charge in [0, 0.05) is 31.3 Å². The lowest BCUT2D eigenvalue weighted by Crippen LogP contribution is -2.07. The molecule has 0 bridgehead atoms. The number of ether oxygens (including phenoxy) is 1. The molecule has 1 aliphatic heterocycles. The summed E-state index contributed by atoms with van der Waals surface area (Å²) in [7, 11) is 0. The molecule has 102 valence electrons. The van der Waals surface area contributed by atoms with Gasteiger partial charge in [-0.2, -0.15) is 0 Å². The molecule has 1 unspecified atom stereocenters. The Morgan fingerprint density at radius 2 is 2.47 bits per heavy atom. The van der Waals surface area contributed by atoms with Gasteiger partial charge in [0.2, 0.25) is 0 Å². The van der Waals surface area contributed by atoms with Crippen LogP contribution in [0.25, 0.3) is 11.0 Å². The number of anilines is 1. The Morgan fingerprint density at radius 3 is 3.32 bits per heavy atom. The average molecular weight is 280 g/mol. The first-order chi connectivity index (χ1) is 9.33. The molecule has 19 heavy (non-hydrogen) atoms. The Balaban J connectivity index is 1.53. The molecule has 5 heteroatoms. The summed E-state index contributed by atoms with van der Waals surface area (Å²) in [5.41, 5.74) is 0.833. The van der Waals surface area contributed by atoms with Crippen LogP contribution in [0.5, 0.6) is 0 Å². The van der Waals surface area contributed by atoms with Gasteiger partial charge in [-0.15, -0.1) is 0 Å². The first-order valence-electron chi connectivity index (χ1n) is 6.78. The highest BCUT2D eigenvalue weighted by atomic mass is 35.5. The molecule has 2 N–H and O–H groups in total. The molecular formula is C14H18ClN3O. The highest BCUT2D eigenvalue weighted by molar-refractivity contribution is 6.35. The molecule has 3 rings (SSSR count). The summed E-state index contributed by atoms with van der Waals surface area (Å²) in [6.07, 6.45) is 5.41. The van der Waals surface area contributed by atoms with E-state index in [1.807, 2.05) is 18.3 Å². The molecule has 4 nitrogen and oxygen atoms in total. The van der Waals surface area contributed by atoms with Crippen molar-refractivity contribution < 1.29 is 4.74 Å². The molecule has 0 aromatic carbocycles. The number of nitrogens with one attached hydrogen (secondary N) is 2. The third kappa shape index (κ3) is 3.01.